The summed E-state index contributed by atoms with van der Waals surface area (Å²) in [6.07, 6.45) is 2.00. The lowest BCUT2D eigenvalue weighted by atomic mass is 10.0. The molecule has 0 amide bonds. The summed E-state index contributed by atoms with van der Waals surface area (Å²) in [6.45, 7) is 2.14. The summed E-state index contributed by atoms with van der Waals surface area (Å²) in [5.74, 6) is -0.310. The van der Waals surface area contributed by atoms with E-state index in [0.29, 0.717) is 30.3 Å². The minimum absolute atomic E-state index is 0.310. The first-order valence-electron chi connectivity index (χ1n) is 5.51. The Labute approximate surface area is 109 Å². The van der Waals surface area contributed by atoms with E-state index in [1.165, 1.54) is 0 Å². The van der Waals surface area contributed by atoms with E-state index in [2.05, 4.69) is 15.9 Å². The quantitative estimate of drug-likeness (QED) is 0.461. The fraction of sp³-hybridized carbons (Fsp3) is 0.385. The van der Waals surface area contributed by atoms with Crippen LogP contribution in [-0.2, 0) is 21.3 Å². The molecular weight excluding hydrogens is 284 g/mol. The molecule has 0 aliphatic heterocycles. The number of ether oxygens (including phenoxy) is 1. The van der Waals surface area contributed by atoms with Crippen LogP contribution in [0.5, 0.6) is 0 Å². The minimum atomic E-state index is -0.310. The lowest BCUT2D eigenvalue weighted by Crippen LogP contribution is -2.08. The molecule has 0 unspecified atom stereocenters. The molecule has 1 aromatic rings. The van der Waals surface area contributed by atoms with E-state index in [9.17, 15) is 9.59 Å². The third-order valence-corrected chi connectivity index (χ3v) is 2.97. The standard InChI is InChI=1S/C13H15BrO3/c1-2-17-13(16)12-8-10(4-3-7-15)5-6-11(12)9-14/h5-8H,2-4,9H2,1H3. The first-order chi connectivity index (χ1) is 8.22. The maximum atomic E-state index is 11.7. The van der Waals surface area contributed by atoms with Crippen molar-refractivity contribution >= 4 is 28.2 Å². The highest BCUT2D eigenvalue weighted by Crippen LogP contribution is 2.17. The van der Waals surface area contributed by atoms with Gasteiger partial charge in [-0.1, -0.05) is 28.1 Å². The van der Waals surface area contributed by atoms with Gasteiger partial charge in [0.15, 0.2) is 0 Å². The zero-order valence-electron chi connectivity index (χ0n) is 9.74. The van der Waals surface area contributed by atoms with Gasteiger partial charge in [-0.3, -0.25) is 0 Å². The molecule has 0 heterocycles. The Morgan fingerprint density at radius 3 is 2.82 bits per heavy atom. The Balaban J connectivity index is 2.97. The molecule has 0 saturated heterocycles. The van der Waals surface area contributed by atoms with Crippen LogP contribution in [0, 0.1) is 0 Å². The predicted molar refractivity (Wildman–Crippen MR) is 69.4 cm³/mol. The van der Waals surface area contributed by atoms with Crippen LogP contribution in [0.15, 0.2) is 18.2 Å². The molecule has 0 aromatic heterocycles. The number of halogens is 1. The van der Waals surface area contributed by atoms with E-state index in [1.54, 1.807) is 13.0 Å². The van der Waals surface area contributed by atoms with Gasteiger partial charge in [0.05, 0.1) is 12.2 Å². The van der Waals surface area contributed by atoms with Gasteiger partial charge in [-0.25, -0.2) is 4.79 Å². The maximum absolute atomic E-state index is 11.7. The molecule has 1 aromatic carbocycles. The lowest BCUT2D eigenvalue weighted by molar-refractivity contribution is -0.107. The van der Waals surface area contributed by atoms with Crippen LogP contribution in [0.2, 0.25) is 0 Å². The normalized spacial score (nSPS) is 10.0. The summed E-state index contributed by atoms with van der Waals surface area (Å²) in [5, 5.41) is 0.606. The second kappa shape index (κ2) is 7.22. The van der Waals surface area contributed by atoms with Crippen molar-refractivity contribution in [3.05, 3.63) is 34.9 Å². The fourth-order valence-electron chi connectivity index (χ4n) is 1.52. The number of alkyl halides is 1. The van der Waals surface area contributed by atoms with Gasteiger partial charge in [-0.15, -0.1) is 0 Å². The van der Waals surface area contributed by atoms with Crippen LogP contribution in [0.25, 0.3) is 0 Å². The van der Waals surface area contributed by atoms with E-state index < -0.39 is 0 Å². The molecule has 0 aliphatic carbocycles. The van der Waals surface area contributed by atoms with Gasteiger partial charge in [0.1, 0.15) is 6.29 Å². The van der Waals surface area contributed by atoms with E-state index >= 15 is 0 Å². The highest BCUT2D eigenvalue weighted by Gasteiger charge is 2.12. The van der Waals surface area contributed by atoms with Crippen molar-refractivity contribution in [3.63, 3.8) is 0 Å². The molecule has 92 valence electrons. The van der Waals surface area contributed by atoms with Gasteiger partial charge in [-0.2, -0.15) is 0 Å². The summed E-state index contributed by atoms with van der Waals surface area (Å²) in [7, 11) is 0. The van der Waals surface area contributed by atoms with Crippen molar-refractivity contribution in [3.8, 4) is 0 Å². The Morgan fingerprint density at radius 2 is 2.24 bits per heavy atom. The SMILES string of the molecule is CCOC(=O)c1cc(CCC=O)ccc1CBr. The molecule has 0 fully saturated rings. The molecule has 4 heteroatoms. The molecule has 0 atom stereocenters. The topological polar surface area (TPSA) is 43.4 Å². The van der Waals surface area contributed by atoms with E-state index in [4.69, 9.17) is 4.74 Å². The van der Waals surface area contributed by atoms with Gasteiger partial charge >= 0.3 is 5.97 Å². The van der Waals surface area contributed by atoms with Crippen LogP contribution < -0.4 is 0 Å². The second-order valence-electron chi connectivity index (χ2n) is 3.55. The van der Waals surface area contributed by atoms with Crippen LogP contribution in [-0.4, -0.2) is 18.9 Å². The van der Waals surface area contributed by atoms with Crippen molar-refractivity contribution in [2.75, 3.05) is 6.61 Å². The molecule has 0 bridgehead atoms. The van der Waals surface area contributed by atoms with Crippen molar-refractivity contribution in [2.24, 2.45) is 0 Å². The summed E-state index contributed by atoms with van der Waals surface area (Å²) < 4.78 is 5.00. The molecule has 0 aliphatic rings. The van der Waals surface area contributed by atoms with E-state index in [0.717, 1.165) is 17.4 Å². The van der Waals surface area contributed by atoms with Gasteiger partial charge in [0.25, 0.3) is 0 Å². The highest BCUT2D eigenvalue weighted by molar-refractivity contribution is 9.08. The smallest absolute Gasteiger partial charge is 0.338 e. The second-order valence-corrected chi connectivity index (χ2v) is 4.11. The molecule has 0 saturated carbocycles. The zero-order valence-corrected chi connectivity index (χ0v) is 11.3. The number of hydrogen-bond acceptors (Lipinski definition) is 3. The zero-order chi connectivity index (χ0) is 12.7. The number of aryl methyl sites for hydroxylation is 1. The first kappa shape index (κ1) is 13.9. The van der Waals surface area contributed by atoms with Gasteiger partial charge in [-0.05, 0) is 30.5 Å². The van der Waals surface area contributed by atoms with E-state index in [1.807, 2.05) is 12.1 Å². The van der Waals surface area contributed by atoms with Crippen molar-refractivity contribution in [1.29, 1.82) is 0 Å². The highest BCUT2D eigenvalue weighted by atomic mass is 79.9. The van der Waals surface area contributed by atoms with Crippen LogP contribution in [0.4, 0.5) is 0 Å². The summed E-state index contributed by atoms with van der Waals surface area (Å²) in [6, 6.07) is 5.63. The summed E-state index contributed by atoms with van der Waals surface area (Å²) >= 11 is 3.34. The van der Waals surface area contributed by atoms with Gasteiger partial charge in [0.2, 0.25) is 0 Å². The molecule has 0 radical (unpaired) electrons. The Kier molecular flexibility index (Phi) is 5.91. The largest absolute Gasteiger partial charge is 0.462 e. The Hall–Kier alpha value is -1.16. The monoisotopic (exact) mass is 298 g/mol. The Bertz CT molecular complexity index is 402. The molecule has 3 nitrogen and oxygen atoms in total. The molecule has 17 heavy (non-hydrogen) atoms. The van der Waals surface area contributed by atoms with Crippen LogP contribution in [0.3, 0.4) is 0 Å². The fourth-order valence-corrected chi connectivity index (χ4v) is 2.01. The van der Waals surface area contributed by atoms with Crippen LogP contribution >= 0.6 is 15.9 Å². The van der Waals surface area contributed by atoms with Gasteiger partial charge < -0.3 is 9.53 Å². The van der Waals surface area contributed by atoms with Crippen molar-refractivity contribution in [2.45, 2.75) is 25.1 Å². The third-order valence-electron chi connectivity index (χ3n) is 2.36. The lowest BCUT2D eigenvalue weighted by Gasteiger charge is -2.08. The summed E-state index contributed by atoms with van der Waals surface area (Å²) in [4.78, 5) is 22.1. The Morgan fingerprint density at radius 1 is 1.47 bits per heavy atom. The molecule has 1 rings (SSSR count). The summed E-state index contributed by atoms with van der Waals surface area (Å²) in [5.41, 5.74) is 2.45. The van der Waals surface area contributed by atoms with Crippen LogP contribution in [0.1, 0.15) is 34.8 Å². The number of rotatable bonds is 6. The number of hydrogen-bond donors (Lipinski definition) is 0. The first-order valence-corrected chi connectivity index (χ1v) is 6.63. The number of esters is 1. The minimum Gasteiger partial charge on any atom is -0.462 e. The number of benzene rings is 1. The van der Waals surface area contributed by atoms with E-state index in [-0.39, 0.29) is 5.97 Å². The third kappa shape index (κ3) is 3.97. The maximum Gasteiger partial charge on any atom is 0.338 e. The average Bonchev–Trinajstić information content (AvgIpc) is 2.36. The molecule has 0 N–H and O–H groups in total. The number of aldehydes is 1. The van der Waals surface area contributed by atoms with Gasteiger partial charge in [0, 0.05) is 11.8 Å². The number of carbonyl (C=O) groups excluding carboxylic acids is 2. The van der Waals surface area contributed by atoms with Crippen molar-refractivity contribution < 1.29 is 14.3 Å². The average molecular weight is 299 g/mol. The number of carbonyl (C=O) groups is 2. The predicted octanol–water partition coefficient (Wildman–Crippen LogP) is 2.89. The van der Waals surface area contributed by atoms with Crippen molar-refractivity contribution in [1.82, 2.24) is 0 Å². The molecular formula is C13H15BrO3. The molecule has 0 spiro atoms.